The van der Waals surface area contributed by atoms with Crippen molar-refractivity contribution < 1.29 is 9.18 Å². The summed E-state index contributed by atoms with van der Waals surface area (Å²) >= 11 is 0. The Morgan fingerprint density at radius 3 is 2.81 bits per heavy atom. The molecule has 1 heterocycles. The Kier molecular flexibility index (Phi) is 5.09. The standard InChI is InChI=1S/C20H17FN4O/c1-2-20(26)25(19-8-15(10-22)7-18(21)9-19)13-14-4-3-5-16(6-14)17-11-23-24-12-17/h3-9,11-12H,2,13H2,1H3,(H,23,24). The molecule has 1 N–H and O–H groups in total. The van der Waals surface area contributed by atoms with Crippen LogP contribution in [-0.4, -0.2) is 16.1 Å². The first-order chi connectivity index (χ1) is 12.6. The van der Waals surface area contributed by atoms with E-state index in [4.69, 9.17) is 5.26 Å². The van der Waals surface area contributed by atoms with E-state index >= 15 is 0 Å². The highest BCUT2D eigenvalue weighted by atomic mass is 19.1. The average Bonchev–Trinajstić information content (AvgIpc) is 3.20. The van der Waals surface area contributed by atoms with Crippen molar-refractivity contribution in [2.24, 2.45) is 0 Å². The van der Waals surface area contributed by atoms with Gasteiger partial charge in [0.05, 0.1) is 24.4 Å². The number of nitriles is 1. The van der Waals surface area contributed by atoms with Crippen LogP contribution in [0.2, 0.25) is 0 Å². The second-order valence-corrected chi connectivity index (χ2v) is 5.83. The van der Waals surface area contributed by atoms with E-state index in [1.807, 2.05) is 30.3 Å². The van der Waals surface area contributed by atoms with Crippen LogP contribution in [-0.2, 0) is 11.3 Å². The Morgan fingerprint density at radius 2 is 2.12 bits per heavy atom. The molecule has 0 aliphatic carbocycles. The van der Waals surface area contributed by atoms with Gasteiger partial charge in [0.2, 0.25) is 5.91 Å². The lowest BCUT2D eigenvalue weighted by molar-refractivity contribution is -0.118. The van der Waals surface area contributed by atoms with E-state index in [9.17, 15) is 9.18 Å². The monoisotopic (exact) mass is 348 g/mol. The Hall–Kier alpha value is -3.46. The van der Waals surface area contributed by atoms with E-state index in [0.717, 1.165) is 22.8 Å². The molecule has 5 nitrogen and oxygen atoms in total. The van der Waals surface area contributed by atoms with Crippen LogP contribution in [0.5, 0.6) is 0 Å². The van der Waals surface area contributed by atoms with E-state index in [2.05, 4.69) is 10.2 Å². The minimum absolute atomic E-state index is 0.145. The third kappa shape index (κ3) is 3.78. The number of aromatic nitrogens is 2. The van der Waals surface area contributed by atoms with Gasteiger partial charge in [-0.25, -0.2) is 4.39 Å². The lowest BCUT2D eigenvalue weighted by Crippen LogP contribution is -2.29. The maximum atomic E-state index is 13.8. The van der Waals surface area contributed by atoms with E-state index < -0.39 is 5.82 Å². The smallest absolute Gasteiger partial charge is 0.227 e. The Labute approximate surface area is 150 Å². The van der Waals surface area contributed by atoms with E-state index in [1.165, 1.54) is 17.0 Å². The number of carbonyl (C=O) groups excluding carboxylic acids is 1. The van der Waals surface area contributed by atoms with Gasteiger partial charge in [-0.3, -0.25) is 9.89 Å². The lowest BCUT2D eigenvalue weighted by atomic mass is 10.1. The normalized spacial score (nSPS) is 10.3. The second kappa shape index (κ2) is 7.62. The van der Waals surface area contributed by atoms with Crippen molar-refractivity contribution in [2.75, 3.05) is 4.90 Å². The number of halogens is 1. The third-order valence-electron chi connectivity index (χ3n) is 4.03. The molecule has 0 bridgehead atoms. The van der Waals surface area contributed by atoms with Gasteiger partial charge in [-0.1, -0.05) is 25.1 Å². The van der Waals surface area contributed by atoms with Gasteiger partial charge < -0.3 is 4.90 Å². The van der Waals surface area contributed by atoms with E-state index in [0.29, 0.717) is 5.69 Å². The van der Waals surface area contributed by atoms with Crippen LogP contribution in [0.15, 0.2) is 54.9 Å². The molecule has 0 fully saturated rings. The quantitative estimate of drug-likeness (QED) is 0.756. The molecule has 0 saturated heterocycles. The fourth-order valence-corrected chi connectivity index (χ4v) is 2.75. The van der Waals surface area contributed by atoms with Crippen LogP contribution >= 0.6 is 0 Å². The first-order valence-corrected chi connectivity index (χ1v) is 8.20. The number of nitrogens with zero attached hydrogens (tertiary/aromatic N) is 3. The molecular formula is C20H17FN4O. The Balaban J connectivity index is 1.96. The molecular weight excluding hydrogens is 331 g/mol. The number of hydrogen-bond acceptors (Lipinski definition) is 3. The van der Waals surface area contributed by atoms with Crippen LogP contribution in [0, 0.1) is 17.1 Å². The van der Waals surface area contributed by atoms with Gasteiger partial charge in [0.25, 0.3) is 0 Å². The van der Waals surface area contributed by atoms with Gasteiger partial charge in [-0.2, -0.15) is 10.4 Å². The Bertz CT molecular complexity index is 960. The SMILES string of the molecule is CCC(=O)N(Cc1cccc(-c2cn[nH]c2)c1)c1cc(F)cc(C#N)c1. The van der Waals surface area contributed by atoms with Crippen LogP contribution in [0.1, 0.15) is 24.5 Å². The highest BCUT2D eigenvalue weighted by molar-refractivity contribution is 5.93. The summed E-state index contributed by atoms with van der Waals surface area (Å²) in [5.41, 5.74) is 3.37. The summed E-state index contributed by atoms with van der Waals surface area (Å²) in [5.74, 6) is -0.687. The van der Waals surface area contributed by atoms with Crippen LogP contribution < -0.4 is 4.90 Å². The molecule has 0 atom stereocenters. The number of anilines is 1. The molecule has 130 valence electrons. The first kappa shape index (κ1) is 17.4. The zero-order valence-electron chi connectivity index (χ0n) is 14.2. The van der Waals surface area contributed by atoms with Crippen LogP contribution in [0.3, 0.4) is 0 Å². The molecule has 0 radical (unpaired) electrons. The number of aromatic amines is 1. The summed E-state index contributed by atoms with van der Waals surface area (Å²) in [6, 6.07) is 13.6. The predicted octanol–water partition coefficient (Wildman–Crippen LogP) is 4.03. The summed E-state index contributed by atoms with van der Waals surface area (Å²) in [5, 5.41) is 15.8. The predicted molar refractivity (Wildman–Crippen MR) is 96.6 cm³/mol. The van der Waals surface area contributed by atoms with Gasteiger partial charge in [0.1, 0.15) is 5.82 Å². The lowest BCUT2D eigenvalue weighted by Gasteiger charge is -2.23. The van der Waals surface area contributed by atoms with Gasteiger partial charge in [-0.15, -0.1) is 0 Å². The topological polar surface area (TPSA) is 72.8 Å². The van der Waals surface area contributed by atoms with Crippen molar-refractivity contribution >= 4 is 11.6 Å². The molecule has 3 aromatic rings. The van der Waals surface area contributed by atoms with Crippen molar-refractivity contribution in [1.82, 2.24) is 10.2 Å². The molecule has 2 aromatic carbocycles. The van der Waals surface area contributed by atoms with Gasteiger partial charge >= 0.3 is 0 Å². The number of nitrogens with one attached hydrogen (secondary N) is 1. The summed E-state index contributed by atoms with van der Waals surface area (Å²) in [6.45, 7) is 2.04. The molecule has 6 heteroatoms. The number of benzene rings is 2. The molecule has 0 aliphatic heterocycles. The van der Waals surface area contributed by atoms with Crippen molar-refractivity contribution in [1.29, 1.82) is 5.26 Å². The van der Waals surface area contributed by atoms with Crippen LogP contribution in [0.25, 0.3) is 11.1 Å². The molecule has 0 saturated carbocycles. The van der Waals surface area contributed by atoms with Crippen molar-refractivity contribution in [2.45, 2.75) is 19.9 Å². The largest absolute Gasteiger partial charge is 0.308 e. The summed E-state index contributed by atoms with van der Waals surface area (Å²) < 4.78 is 13.8. The van der Waals surface area contributed by atoms with E-state index in [1.54, 1.807) is 19.3 Å². The highest BCUT2D eigenvalue weighted by Crippen LogP contribution is 2.24. The zero-order chi connectivity index (χ0) is 18.5. The summed E-state index contributed by atoms with van der Waals surface area (Å²) in [7, 11) is 0. The Morgan fingerprint density at radius 1 is 1.27 bits per heavy atom. The molecule has 0 aliphatic rings. The number of rotatable bonds is 5. The average molecular weight is 348 g/mol. The minimum atomic E-state index is -0.542. The fourth-order valence-electron chi connectivity index (χ4n) is 2.75. The van der Waals surface area contributed by atoms with Gasteiger partial charge in [0, 0.05) is 23.9 Å². The zero-order valence-corrected chi connectivity index (χ0v) is 14.2. The number of hydrogen-bond donors (Lipinski definition) is 1. The van der Waals surface area contributed by atoms with Gasteiger partial charge in [-0.05, 0) is 35.4 Å². The number of amides is 1. The van der Waals surface area contributed by atoms with Crippen molar-refractivity contribution in [3.8, 4) is 17.2 Å². The molecule has 1 amide bonds. The second-order valence-electron chi connectivity index (χ2n) is 5.83. The first-order valence-electron chi connectivity index (χ1n) is 8.20. The number of H-pyrrole nitrogens is 1. The molecule has 3 rings (SSSR count). The summed E-state index contributed by atoms with van der Waals surface area (Å²) in [4.78, 5) is 13.9. The van der Waals surface area contributed by atoms with E-state index in [-0.39, 0.29) is 24.4 Å². The summed E-state index contributed by atoms with van der Waals surface area (Å²) in [6.07, 6.45) is 3.79. The van der Waals surface area contributed by atoms with Crippen molar-refractivity contribution in [3.05, 3.63) is 71.8 Å². The number of carbonyl (C=O) groups is 1. The third-order valence-corrected chi connectivity index (χ3v) is 4.03. The highest BCUT2D eigenvalue weighted by Gasteiger charge is 2.17. The maximum absolute atomic E-state index is 13.8. The maximum Gasteiger partial charge on any atom is 0.227 e. The van der Waals surface area contributed by atoms with Gasteiger partial charge in [0.15, 0.2) is 0 Å². The molecule has 0 spiro atoms. The molecule has 0 unspecified atom stereocenters. The van der Waals surface area contributed by atoms with Crippen LogP contribution in [0.4, 0.5) is 10.1 Å². The fraction of sp³-hybridized carbons (Fsp3) is 0.150. The minimum Gasteiger partial charge on any atom is -0.308 e. The molecule has 26 heavy (non-hydrogen) atoms. The van der Waals surface area contributed by atoms with Crippen molar-refractivity contribution in [3.63, 3.8) is 0 Å². The molecule has 1 aromatic heterocycles.